The van der Waals surface area contributed by atoms with Crippen LogP contribution in [0.5, 0.6) is 0 Å². The van der Waals surface area contributed by atoms with Gasteiger partial charge in [0.15, 0.2) is 0 Å². The molecule has 1 rings (SSSR count). The Morgan fingerprint density at radius 1 is 1.62 bits per heavy atom. The molecule has 16 heavy (non-hydrogen) atoms. The second-order valence-corrected chi connectivity index (χ2v) is 6.88. The molecule has 1 aliphatic heterocycles. The van der Waals surface area contributed by atoms with Gasteiger partial charge < -0.3 is 10.5 Å². The normalized spacial score (nSPS) is 28.6. The van der Waals surface area contributed by atoms with Crippen molar-refractivity contribution < 1.29 is 13.2 Å². The molecule has 0 aliphatic carbocycles. The molecule has 3 N–H and O–H groups in total. The Morgan fingerprint density at radius 3 is 2.69 bits per heavy atom. The summed E-state index contributed by atoms with van der Waals surface area (Å²) in [4.78, 5) is -0.0205. The average Bonchev–Trinajstić information content (AvgIpc) is 2.15. The second-order valence-electron chi connectivity index (χ2n) is 4.41. The zero-order chi connectivity index (χ0) is 12.4. The molecular weight excluding hydrogens is 248 g/mol. The lowest BCUT2D eigenvalue weighted by Gasteiger charge is -2.34. The van der Waals surface area contributed by atoms with Crippen LogP contribution in [-0.2, 0) is 14.8 Å². The van der Waals surface area contributed by atoms with Gasteiger partial charge in [-0.3, -0.25) is 0 Å². The van der Waals surface area contributed by atoms with Crippen molar-refractivity contribution in [2.45, 2.75) is 37.5 Å². The largest absolute Gasteiger partial charge is 0.392 e. The molecule has 0 radical (unpaired) electrons. The maximum absolute atomic E-state index is 11.9. The van der Waals surface area contributed by atoms with Crippen LogP contribution in [0.15, 0.2) is 0 Å². The molecular formula is C9H18N2O3S2. The van der Waals surface area contributed by atoms with Crippen LogP contribution >= 0.6 is 12.2 Å². The summed E-state index contributed by atoms with van der Waals surface area (Å²) in [6.07, 6.45) is 1.61. The summed E-state index contributed by atoms with van der Waals surface area (Å²) in [6.45, 7) is 4.38. The van der Waals surface area contributed by atoms with Gasteiger partial charge in [0, 0.05) is 6.61 Å². The smallest absolute Gasteiger partial charge is 0.221 e. The highest BCUT2D eigenvalue weighted by Gasteiger charge is 2.35. The number of thiocarbonyl (C=S) groups is 1. The van der Waals surface area contributed by atoms with Crippen LogP contribution in [0.25, 0.3) is 0 Å². The molecule has 0 aromatic carbocycles. The third-order valence-electron chi connectivity index (χ3n) is 2.69. The van der Waals surface area contributed by atoms with Gasteiger partial charge in [0.2, 0.25) is 10.0 Å². The maximum Gasteiger partial charge on any atom is 0.221 e. The summed E-state index contributed by atoms with van der Waals surface area (Å²) in [5.74, 6) is 0. The number of sulfonamides is 1. The standard InChI is InChI=1S/C9H18N2O3S2/c1-7(8(10)15)16(12,13)11-9(2)4-3-5-14-6-9/h7,11H,3-6H2,1-2H3,(H2,10,15). The molecule has 0 amide bonds. The first-order chi connectivity index (χ1) is 7.27. The lowest BCUT2D eigenvalue weighted by Crippen LogP contribution is -2.55. The quantitative estimate of drug-likeness (QED) is 0.708. The lowest BCUT2D eigenvalue weighted by atomic mass is 9.97. The third kappa shape index (κ3) is 3.38. The van der Waals surface area contributed by atoms with Crippen molar-refractivity contribution in [3.05, 3.63) is 0 Å². The number of hydrogen-bond donors (Lipinski definition) is 2. The van der Waals surface area contributed by atoms with E-state index < -0.39 is 20.8 Å². The van der Waals surface area contributed by atoms with E-state index in [0.29, 0.717) is 13.2 Å². The molecule has 2 atom stereocenters. The highest BCUT2D eigenvalue weighted by atomic mass is 32.2. The molecule has 0 aromatic rings. The van der Waals surface area contributed by atoms with E-state index in [0.717, 1.165) is 12.8 Å². The van der Waals surface area contributed by atoms with E-state index in [2.05, 4.69) is 4.72 Å². The van der Waals surface area contributed by atoms with Crippen molar-refractivity contribution in [3.8, 4) is 0 Å². The number of rotatable bonds is 4. The summed E-state index contributed by atoms with van der Waals surface area (Å²) in [6, 6.07) is 0. The van der Waals surface area contributed by atoms with Gasteiger partial charge in [-0.05, 0) is 26.7 Å². The average molecular weight is 266 g/mol. The fraction of sp³-hybridized carbons (Fsp3) is 0.889. The predicted octanol–water partition coefficient (Wildman–Crippen LogP) is 0.150. The molecule has 2 unspecified atom stereocenters. The van der Waals surface area contributed by atoms with Crippen LogP contribution in [0.1, 0.15) is 26.7 Å². The van der Waals surface area contributed by atoms with Gasteiger partial charge in [-0.25, -0.2) is 13.1 Å². The third-order valence-corrected chi connectivity index (χ3v) is 5.16. The molecule has 0 spiro atoms. The Hall–Kier alpha value is -0.240. The number of nitrogens with two attached hydrogens (primary N) is 1. The van der Waals surface area contributed by atoms with Gasteiger partial charge in [0.1, 0.15) is 5.25 Å². The van der Waals surface area contributed by atoms with Crippen LogP contribution in [0.2, 0.25) is 0 Å². The second kappa shape index (κ2) is 4.95. The van der Waals surface area contributed by atoms with E-state index in [4.69, 9.17) is 22.7 Å². The lowest BCUT2D eigenvalue weighted by molar-refractivity contribution is 0.0386. The first-order valence-corrected chi connectivity index (χ1v) is 7.12. The maximum atomic E-state index is 11.9. The number of nitrogens with one attached hydrogen (secondary N) is 1. The van der Waals surface area contributed by atoms with Gasteiger partial charge in [0.25, 0.3) is 0 Å². The highest BCUT2D eigenvalue weighted by Crippen LogP contribution is 2.20. The molecule has 5 nitrogen and oxygen atoms in total. The summed E-state index contributed by atoms with van der Waals surface area (Å²) < 4.78 is 31.7. The summed E-state index contributed by atoms with van der Waals surface area (Å²) in [7, 11) is -3.51. The van der Waals surface area contributed by atoms with Gasteiger partial charge in [-0.2, -0.15) is 0 Å². The molecule has 0 saturated carbocycles. The zero-order valence-corrected chi connectivity index (χ0v) is 11.2. The Balaban J connectivity index is 2.75. The fourth-order valence-electron chi connectivity index (χ4n) is 1.60. The highest BCUT2D eigenvalue weighted by molar-refractivity contribution is 7.93. The summed E-state index contributed by atoms with van der Waals surface area (Å²) >= 11 is 4.70. The predicted molar refractivity (Wildman–Crippen MR) is 66.8 cm³/mol. The topological polar surface area (TPSA) is 81.4 Å². The SMILES string of the molecule is CC(C(N)=S)S(=O)(=O)NC1(C)CCCOC1. The first-order valence-electron chi connectivity index (χ1n) is 5.17. The zero-order valence-electron chi connectivity index (χ0n) is 9.52. The van der Waals surface area contributed by atoms with E-state index in [1.165, 1.54) is 6.92 Å². The number of hydrogen-bond acceptors (Lipinski definition) is 4. The van der Waals surface area contributed by atoms with E-state index in [1.807, 2.05) is 6.92 Å². The fourth-order valence-corrected chi connectivity index (χ4v) is 3.31. The number of ether oxygens (including phenoxy) is 1. The Morgan fingerprint density at radius 2 is 2.25 bits per heavy atom. The van der Waals surface area contributed by atoms with E-state index in [1.54, 1.807) is 0 Å². The van der Waals surface area contributed by atoms with Crippen LogP contribution < -0.4 is 10.5 Å². The van der Waals surface area contributed by atoms with Crippen LogP contribution in [0, 0.1) is 0 Å². The molecule has 94 valence electrons. The minimum atomic E-state index is -3.51. The Labute approximate surface area is 102 Å². The molecule has 1 saturated heterocycles. The minimum Gasteiger partial charge on any atom is -0.392 e. The molecule has 1 fully saturated rings. The summed E-state index contributed by atoms with van der Waals surface area (Å²) in [5, 5.41) is -0.860. The van der Waals surface area contributed by atoms with E-state index in [-0.39, 0.29) is 4.99 Å². The molecule has 1 heterocycles. The minimum absolute atomic E-state index is 0.0205. The van der Waals surface area contributed by atoms with Crippen molar-refractivity contribution in [2.24, 2.45) is 5.73 Å². The summed E-state index contributed by atoms with van der Waals surface area (Å²) in [5.41, 5.74) is 4.81. The van der Waals surface area contributed by atoms with Crippen LogP contribution in [-0.4, -0.2) is 37.4 Å². The van der Waals surface area contributed by atoms with Gasteiger partial charge in [-0.1, -0.05) is 12.2 Å². The van der Waals surface area contributed by atoms with Gasteiger partial charge in [0.05, 0.1) is 17.1 Å². The first kappa shape index (κ1) is 13.8. The van der Waals surface area contributed by atoms with Gasteiger partial charge in [-0.15, -0.1) is 0 Å². The molecule has 0 bridgehead atoms. The Kier molecular flexibility index (Phi) is 4.28. The molecule has 7 heteroatoms. The van der Waals surface area contributed by atoms with Crippen molar-refractivity contribution in [1.29, 1.82) is 0 Å². The van der Waals surface area contributed by atoms with Crippen molar-refractivity contribution in [1.82, 2.24) is 4.72 Å². The monoisotopic (exact) mass is 266 g/mol. The molecule has 1 aliphatic rings. The van der Waals surface area contributed by atoms with Crippen molar-refractivity contribution in [2.75, 3.05) is 13.2 Å². The van der Waals surface area contributed by atoms with Crippen LogP contribution in [0.3, 0.4) is 0 Å². The van der Waals surface area contributed by atoms with E-state index >= 15 is 0 Å². The van der Waals surface area contributed by atoms with Crippen LogP contribution in [0.4, 0.5) is 0 Å². The van der Waals surface area contributed by atoms with Crippen molar-refractivity contribution in [3.63, 3.8) is 0 Å². The Bertz CT molecular complexity index is 361. The van der Waals surface area contributed by atoms with Crippen molar-refractivity contribution >= 4 is 27.2 Å². The van der Waals surface area contributed by atoms with E-state index in [9.17, 15) is 8.42 Å². The molecule has 0 aromatic heterocycles. The van der Waals surface area contributed by atoms with Gasteiger partial charge >= 0.3 is 0 Å².